The zero-order chi connectivity index (χ0) is 14.8. The van der Waals surface area contributed by atoms with Crippen molar-refractivity contribution in [3.63, 3.8) is 0 Å². The third-order valence-corrected chi connectivity index (χ3v) is 4.79. The highest BCUT2D eigenvalue weighted by molar-refractivity contribution is 7.99. The lowest BCUT2D eigenvalue weighted by Crippen LogP contribution is -2.05. The van der Waals surface area contributed by atoms with Crippen LogP contribution in [-0.4, -0.2) is 26.4 Å². The van der Waals surface area contributed by atoms with E-state index in [0.29, 0.717) is 12.0 Å². The molecule has 0 amide bonds. The lowest BCUT2D eigenvalue weighted by Gasteiger charge is -2.10. The summed E-state index contributed by atoms with van der Waals surface area (Å²) in [5, 5.41) is 9.69. The first-order valence-corrected chi connectivity index (χ1v) is 8.15. The Bertz CT molecular complexity index is 639. The van der Waals surface area contributed by atoms with Crippen molar-refractivity contribution < 1.29 is 9.90 Å². The molecule has 1 aliphatic carbocycles. The Hall–Kier alpha value is -1.75. The SMILES string of the molecule is CCc1cnc(SCC(=O)O)n1C1CC1c1ccccc1. The van der Waals surface area contributed by atoms with Crippen LogP contribution < -0.4 is 0 Å². The van der Waals surface area contributed by atoms with E-state index >= 15 is 0 Å². The van der Waals surface area contributed by atoms with Crippen LogP contribution in [0.1, 0.15) is 36.6 Å². The van der Waals surface area contributed by atoms with E-state index in [2.05, 4.69) is 40.7 Å². The molecule has 0 bridgehead atoms. The predicted octanol–water partition coefficient (Wildman–Crippen LogP) is 3.35. The molecule has 2 atom stereocenters. The number of nitrogens with zero attached hydrogens (tertiary/aromatic N) is 2. The highest BCUT2D eigenvalue weighted by Gasteiger charge is 2.41. The molecule has 110 valence electrons. The molecule has 1 heterocycles. The molecule has 4 nitrogen and oxygen atoms in total. The van der Waals surface area contributed by atoms with E-state index in [9.17, 15) is 4.79 Å². The van der Waals surface area contributed by atoms with Gasteiger partial charge in [-0.25, -0.2) is 4.98 Å². The minimum Gasteiger partial charge on any atom is -0.481 e. The summed E-state index contributed by atoms with van der Waals surface area (Å²) in [6.07, 6.45) is 3.90. The summed E-state index contributed by atoms with van der Waals surface area (Å²) in [6.45, 7) is 2.11. The second kappa shape index (κ2) is 5.93. The van der Waals surface area contributed by atoms with Gasteiger partial charge in [-0.1, -0.05) is 49.0 Å². The summed E-state index contributed by atoms with van der Waals surface area (Å²) >= 11 is 1.31. The molecule has 0 radical (unpaired) electrons. The van der Waals surface area contributed by atoms with Crippen LogP contribution in [0.2, 0.25) is 0 Å². The van der Waals surface area contributed by atoms with Gasteiger partial charge in [0.25, 0.3) is 0 Å². The number of thioether (sulfide) groups is 1. The van der Waals surface area contributed by atoms with Crippen LogP contribution in [0.5, 0.6) is 0 Å². The van der Waals surface area contributed by atoms with Crippen LogP contribution in [0.4, 0.5) is 0 Å². The molecule has 21 heavy (non-hydrogen) atoms. The number of hydrogen-bond acceptors (Lipinski definition) is 3. The molecule has 1 N–H and O–H groups in total. The van der Waals surface area contributed by atoms with Crippen molar-refractivity contribution in [1.29, 1.82) is 0 Å². The van der Waals surface area contributed by atoms with Gasteiger partial charge in [0.2, 0.25) is 0 Å². The molecule has 3 rings (SSSR count). The molecule has 1 aromatic carbocycles. The van der Waals surface area contributed by atoms with Crippen LogP contribution >= 0.6 is 11.8 Å². The lowest BCUT2D eigenvalue weighted by molar-refractivity contribution is -0.133. The summed E-state index contributed by atoms with van der Waals surface area (Å²) in [6, 6.07) is 10.9. The number of carboxylic acids is 1. The Morgan fingerprint density at radius 3 is 2.86 bits per heavy atom. The number of aliphatic carboxylic acids is 1. The Labute approximate surface area is 128 Å². The number of carbonyl (C=O) groups is 1. The Balaban J connectivity index is 1.82. The van der Waals surface area contributed by atoms with Gasteiger partial charge in [0.05, 0.1) is 5.75 Å². The van der Waals surface area contributed by atoms with E-state index in [-0.39, 0.29) is 5.75 Å². The normalized spacial score (nSPS) is 20.4. The first-order chi connectivity index (χ1) is 10.2. The molecule has 1 aliphatic rings. The van der Waals surface area contributed by atoms with E-state index in [4.69, 9.17) is 5.11 Å². The van der Waals surface area contributed by atoms with Crippen molar-refractivity contribution >= 4 is 17.7 Å². The van der Waals surface area contributed by atoms with E-state index in [0.717, 1.165) is 18.0 Å². The fourth-order valence-electron chi connectivity index (χ4n) is 2.75. The molecular weight excluding hydrogens is 284 g/mol. The van der Waals surface area contributed by atoms with E-state index in [1.807, 2.05) is 12.3 Å². The highest BCUT2D eigenvalue weighted by atomic mass is 32.2. The van der Waals surface area contributed by atoms with Gasteiger partial charge in [0.15, 0.2) is 5.16 Å². The third kappa shape index (κ3) is 2.97. The van der Waals surface area contributed by atoms with Crippen molar-refractivity contribution in [1.82, 2.24) is 9.55 Å². The Morgan fingerprint density at radius 2 is 2.19 bits per heavy atom. The van der Waals surface area contributed by atoms with Gasteiger partial charge < -0.3 is 9.67 Å². The zero-order valence-corrected chi connectivity index (χ0v) is 12.7. The van der Waals surface area contributed by atoms with Crippen LogP contribution in [0.15, 0.2) is 41.7 Å². The monoisotopic (exact) mass is 302 g/mol. The smallest absolute Gasteiger partial charge is 0.313 e. The minimum absolute atomic E-state index is 0.0584. The number of imidazole rings is 1. The number of rotatable bonds is 6. The van der Waals surface area contributed by atoms with Crippen molar-refractivity contribution in [2.75, 3.05) is 5.75 Å². The molecule has 5 heteroatoms. The predicted molar refractivity (Wildman–Crippen MR) is 82.8 cm³/mol. The summed E-state index contributed by atoms with van der Waals surface area (Å²) < 4.78 is 2.24. The molecular formula is C16H18N2O2S. The highest BCUT2D eigenvalue weighted by Crippen LogP contribution is 2.53. The quantitative estimate of drug-likeness (QED) is 0.831. The number of aromatic nitrogens is 2. The van der Waals surface area contributed by atoms with Crippen molar-refractivity contribution in [3.8, 4) is 0 Å². The average Bonchev–Trinajstić information content (AvgIpc) is 3.18. The average molecular weight is 302 g/mol. The summed E-state index contributed by atoms with van der Waals surface area (Å²) in [5.41, 5.74) is 2.54. The van der Waals surface area contributed by atoms with Gasteiger partial charge >= 0.3 is 5.97 Å². The maximum Gasteiger partial charge on any atom is 0.313 e. The van der Waals surface area contributed by atoms with Crippen molar-refractivity contribution in [3.05, 3.63) is 47.8 Å². The topological polar surface area (TPSA) is 55.1 Å². The molecule has 0 aliphatic heterocycles. The molecule has 1 aromatic heterocycles. The van der Waals surface area contributed by atoms with Gasteiger partial charge in [-0.2, -0.15) is 0 Å². The van der Waals surface area contributed by atoms with Gasteiger partial charge in [0, 0.05) is 23.9 Å². The minimum atomic E-state index is -0.803. The maximum absolute atomic E-state index is 10.8. The number of carboxylic acid groups (broad SMARTS) is 1. The van der Waals surface area contributed by atoms with Gasteiger partial charge in [-0.3, -0.25) is 4.79 Å². The molecule has 0 spiro atoms. The fourth-order valence-corrected chi connectivity index (χ4v) is 3.52. The van der Waals surface area contributed by atoms with E-state index in [1.165, 1.54) is 23.0 Å². The Morgan fingerprint density at radius 1 is 1.43 bits per heavy atom. The largest absolute Gasteiger partial charge is 0.481 e. The first-order valence-electron chi connectivity index (χ1n) is 7.16. The van der Waals surface area contributed by atoms with Crippen LogP contribution in [0.3, 0.4) is 0 Å². The van der Waals surface area contributed by atoms with Crippen molar-refractivity contribution in [2.24, 2.45) is 0 Å². The van der Waals surface area contributed by atoms with Crippen LogP contribution in [0, 0.1) is 0 Å². The maximum atomic E-state index is 10.8. The van der Waals surface area contributed by atoms with Crippen LogP contribution in [0.25, 0.3) is 0 Å². The van der Waals surface area contributed by atoms with Gasteiger partial charge in [-0.15, -0.1) is 0 Å². The number of hydrogen-bond donors (Lipinski definition) is 1. The summed E-state index contributed by atoms with van der Waals surface area (Å²) in [4.78, 5) is 15.2. The second-order valence-electron chi connectivity index (χ2n) is 5.26. The molecule has 1 saturated carbocycles. The third-order valence-electron chi connectivity index (χ3n) is 3.84. The molecule has 0 saturated heterocycles. The molecule has 2 aromatic rings. The number of benzene rings is 1. The van der Waals surface area contributed by atoms with Gasteiger partial charge in [0.1, 0.15) is 0 Å². The Kier molecular flexibility index (Phi) is 4.01. The fraction of sp³-hybridized carbons (Fsp3) is 0.375. The molecule has 1 fully saturated rings. The van der Waals surface area contributed by atoms with Crippen LogP contribution in [-0.2, 0) is 11.2 Å². The summed E-state index contributed by atoms with van der Waals surface area (Å²) in [5.74, 6) is -0.221. The standard InChI is InChI=1S/C16H18N2O2S/c1-2-12-9-17-16(21-10-15(19)20)18(12)14-8-13(14)11-6-4-3-5-7-11/h3-7,9,13-14H,2,8,10H2,1H3,(H,19,20). The van der Waals surface area contributed by atoms with Crippen molar-refractivity contribution in [2.45, 2.75) is 36.9 Å². The van der Waals surface area contributed by atoms with E-state index < -0.39 is 5.97 Å². The van der Waals surface area contributed by atoms with E-state index in [1.54, 1.807) is 0 Å². The summed E-state index contributed by atoms with van der Waals surface area (Å²) in [7, 11) is 0. The van der Waals surface area contributed by atoms with Gasteiger partial charge in [-0.05, 0) is 18.4 Å². The molecule has 2 unspecified atom stereocenters. The second-order valence-corrected chi connectivity index (χ2v) is 6.20. The first kappa shape index (κ1) is 14.2. The zero-order valence-electron chi connectivity index (χ0n) is 11.9. The lowest BCUT2D eigenvalue weighted by atomic mass is 10.1. The number of aryl methyl sites for hydroxylation is 1.